The van der Waals surface area contributed by atoms with Gasteiger partial charge in [0.2, 0.25) is 0 Å². The minimum absolute atomic E-state index is 0.177. The van der Waals surface area contributed by atoms with Crippen molar-refractivity contribution in [2.75, 3.05) is 26.4 Å². The van der Waals surface area contributed by atoms with Crippen molar-refractivity contribution < 1.29 is 4.79 Å². The molecule has 0 aliphatic carbocycles. The number of likely N-dealkylation sites (N-methyl/N-ethyl adjacent to an activating group) is 1. The van der Waals surface area contributed by atoms with E-state index in [4.69, 9.17) is 5.73 Å². The summed E-state index contributed by atoms with van der Waals surface area (Å²) in [6, 6.07) is 1.98. The van der Waals surface area contributed by atoms with Crippen LogP contribution in [0, 0.1) is 6.92 Å². The Morgan fingerprint density at radius 1 is 1.59 bits per heavy atom. The van der Waals surface area contributed by atoms with Crippen LogP contribution in [0.1, 0.15) is 23.0 Å². The molecular weight excluding hydrogens is 216 g/mol. The molecule has 1 unspecified atom stereocenters. The summed E-state index contributed by atoms with van der Waals surface area (Å²) < 4.78 is 0. The molecule has 0 fully saturated rings. The lowest BCUT2D eigenvalue weighted by molar-refractivity contribution is 0.0944. The highest BCUT2D eigenvalue weighted by molar-refractivity contribution is 5.98. The van der Waals surface area contributed by atoms with Gasteiger partial charge in [0, 0.05) is 30.2 Å². The minimum Gasteiger partial charge on any atom is -0.398 e. The molecular formula is C12H20N4O. The van der Waals surface area contributed by atoms with Gasteiger partial charge in [0.05, 0.1) is 5.56 Å². The quantitative estimate of drug-likeness (QED) is 0.805. The number of aryl methyl sites for hydroxylation is 1. The Hall–Kier alpha value is -1.62. The lowest BCUT2D eigenvalue weighted by Crippen LogP contribution is -2.38. The standard InChI is InChI=1S/C12H20N4O/c1-8-5-11(13)10(7-14-8)12(17)15-6-9(2)16(3)4/h5,7,9H,6H2,1-4H3,(H2,13,14)(H,15,17). The van der Waals surface area contributed by atoms with Gasteiger partial charge >= 0.3 is 0 Å². The fourth-order valence-corrected chi connectivity index (χ4v) is 1.29. The number of nitrogens with zero attached hydrogens (tertiary/aromatic N) is 2. The molecule has 3 N–H and O–H groups in total. The summed E-state index contributed by atoms with van der Waals surface area (Å²) in [4.78, 5) is 18.0. The van der Waals surface area contributed by atoms with Crippen molar-refractivity contribution in [2.24, 2.45) is 0 Å². The number of carbonyl (C=O) groups excluding carboxylic acids is 1. The molecule has 1 aromatic heterocycles. The Bertz CT molecular complexity index is 403. The molecule has 5 nitrogen and oxygen atoms in total. The first kappa shape index (κ1) is 13.4. The summed E-state index contributed by atoms with van der Waals surface area (Å²) in [5.41, 5.74) is 7.48. The summed E-state index contributed by atoms with van der Waals surface area (Å²) in [5, 5.41) is 2.84. The number of hydrogen-bond acceptors (Lipinski definition) is 4. The van der Waals surface area contributed by atoms with Gasteiger partial charge in [0.15, 0.2) is 0 Å². The number of carbonyl (C=O) groups is 1. The van der Waals surface area contributed by atoms with E-state index >= 15 is 0 Å². The zero-order chi connectivity index (χ0) is 13.0. The van der Waals surface area contributed by atoms with E-state index < -0.39 is 0 Å². The molecule has 17 heavy (non-hydrogen) atoms. The molecule has 5 heteroatoms. The van der Waals surface area contributed by atoms with Gasteiger partial charge in [0.25, 0.3) is 5.91 Å². The Labute approximate surface area is 102 Å². The van der Waals surface area contributed by atoms with Gasteiger partial charge in [-0.3, -0.25) is 9.78 Å². The fraction of sp³-hybridized carbons (Fsp3) is 0.500. The van der Waals surface area contributed by atoms with Gasteiger partial charge in [-0.2, -0.15) is 0 Å². The van der Waals surface area contributed by atoms with Gasteiger partial charge < -0.3 is 16.0 Å². The zero-order valence-corrected chi connectivity index (χ0v) is 10.8. The number of pyridine rings is 1. The zero-order valence-electron chi connectivity index (χ0n) is 10.8. The number of nitrogen functional groups attached to an aromatic ring is 1. The van der Waals surface area contributed by atoms with Crippen LogP contribution in [0.3, 0.4) is 0 Å². The van der Waals surface area contributed by atoms with Crippen molar-refractivity contribution in [3.8, 4) is 0 Å². The Morgan fingerprint density at radius 3 is 2.76 bits per heavy atom. The molecule has 0 bridgehead atoms. The summed E-state index contributed by atoms with van der Waals surface area (Å²) in [7, 11) is 3.94. The minimum atomic E-state index is -0.177. The topological polar surface area (TPSA) is 71.2 Å². The highest BCUT2D eigenvalue weighted by Crippen LogP contribution is 2.10. The van der Waals surface area contributed by atoms with Crippen LogP contribution in [-0.4, -0.2) is 42.5 Å². The van der Waals surface area contributed by atoms with Crippen molar-refractivity contribution in [3.05, 3.63) is 23.5 Å². The van der Waals surface area contributed by atoms with Crippen LogP contribution >= 0.6 is 0 Å². The van der Waals surface area contributed by atoms with Crippen molar-refractivity contribution in [3.63, 3.8) is 0 Å². The molecule has 0 saturated carbocycles. The van der Waals surface area contributed by atoms with Crippen LogP contribution in [0.5, 0.6) is 0 Å². The summed E-state index contributed by atoms with van der Waals surface area (Å²) in [6.07, 6.45) is 1.51. The number of rotatable bonds is 4. The van der Waals surface area contributed by atoms with E-state index in [-0.39, 0.29) is 11.9 Å². The predicted molar refractivity (Wildman–Crippen MR) is 68.9 cm³/mol. The molecule has 1 aromatic rings. The number of hydrogen-bond donors (Lipinski definition) is 2. The average molecular weight is 236 g/mol. The maximum absolute atomic E-state index is 11.9. The number of nitrogens with two attached hydrogens (primary N) is 1. The van der Waals surface area contributed by atoms with Crippen LogP contribution in [0.4, 0.5) is 5.69 Å². The predicted octanol–water partition coefficient (Wildman–Crippen LogP) is 0.652. The number of amides is 1. The second-order valence-electron chi connectivity index (χ2n) is 4.44. The second-order valence-corrected chi connectivity index (χ2v) is 4.44. The van der Waals surface area contributed by atoms with E-state index in [0.29, 0.717) is 17.8 Å². The SMILES string of the molecule is Cc1cc(N)c(C(=O)NCC(C)N(C)C)cn1. The summed E-state index contributed by atoms with van der Waals surface area (Å²) in [6.45, 7) is 4.46. The fourth-order valence-electron chi connectivity index (χ4n) is 1.29. The number of aromatic nitrogens is 1. The van der Waals surface area contributed by atoms with Gasteiger partial charge in [-0.1, -0.05) is 0 Å². The number of anilines is 1. The highest BCUT2D eigenvalue weighted by Gasteiger charge is 2.12. The maximum Gasteiger partial charge on any atom is 0.255 e. The van der Waals surface area contributed by atoms with Crippen molar-refractivity contribution >= 4 is 11.6 Å². The van der Waals surface area contributed by atoms with E-state index in [1.54, 1.807) is 6.07 Å². The maximum atomic E-state index is 11.9. The first-order valence-electron chi connectivity index (χ1n) is 5.58. The van der Waals surface area contributed by atoms with Crippen molar-refractivity contribution in [1.82, 2.24) is 15.2 Å². The number of nitrogens with one attached hydrogen (secondary N) is 1. The molecule has 0 aromatic carbocycles. The van der Waals surface area contributed by atoms with E-state index in [2.05, 4.69) is 10.3 Å². The molecule has 0 aliphatic rings. The molecule has 0 aliphatic heterocycles. The Kier molecular flexibility index (Phi) is 4.45. The second kappa shape index (κ2) is 5.63. The molecule has 1 amide bonds. The Balaban J connectivity index is 2.64. The third-order valence-corrected chi connectivity index (χ3v) is 2.76. The van der Waals surface area contributed by atoms with Crippen LogP contribution < -0.4 is 11.1 Å². The van der Waals surface area contributed by atoms with E-state index in [1.807, 2.05) is 32.8 Å². The van der Waals surface area contributed by atoms with E-state index in [9.17, 15) is 4.79 Å². The normalized spacial score (nSPS) is 12.5. The molecule has 1 atom stereocenters. The lowest BCUT2D eigenvalue weighted by Gasteiger charge is -2.20. The monoisotopic (exact) mass is 236 g/mol. The van der Waals surface area contributed by atoms with Crippen molar-refractivity contribution in [2.45, 2.75) is 19.9 Å². The summed E-state index contributed by atoms with van der Waals surface area (Å²) >= 11 is 0. The van der Waals surface area contributed by atoms with Crippen LogP contribution in [0.15, 0.2) is 12.3 Å². The highest BCUT2D eigenvalue weighted by atomic mass is 16.1. The third kappa shape index (κ3) is 3.71. The van der Waals surface area contributed by atoms with Crippen LogP contribution in [0.2, 0.25) is 0 Å². The molecule has 1 heterocycles. The summed E-state index contributed by atoms with van der Waals surface area (Å²) in [5.74, 6) is -0.177. The van der Waals surface area contributed by atoms with Crippen LogP contribution in [0.25, 0.3) is 0 Å². The van der Waals surface area contributed by atoms with E-state index in [0.717, 1.165) is 5.69 Å². The third-order valence-electron chi connectivity index (χ3n) is 2.76. The van der Waals surface area contributed by atoms with Gasteiger partial charge in [0.1, 0.15) is 0 Å². The smallest absolute Gasteiger partial charge is 0.255 e. The van der Waals surface area contributed by atoms with Crippen LogP contribution in [-0.2, 0) is 0 Å². The molecule has 1 rings (SSSR count). The van der Waals surface area contributed by atoms with Gasteiger partial charge in [-0.25, -0.2) is 0 Å². The Morgan fingerprint density at radius 2 is 2.24 bits per heavy atom. The molecule has 0 saturated heterocycles. The van der Waals surface area contributed by atoms with E-state index in [1.165, 1.54) is 6.20 Å². The first-order valence-corrected chi connectivity index (χ1v) is 5.58. The van der Waals surface area contributed by atoms with Crippen molar-refractivity contribution in [1.29, 1.82) is 0 Å². The molecule has 0 radical (unpaired) electrons. The van der Waals surface area contributed by atoms with Gasteiger partial charge in [-0.15, -0.1) is 0 Å². The lowest BCUT2D eigenvalue weighted by atomic mass is 10.2. The molecule has 94 valence electrons. The first-order chi connectivity index (χ1) is 7.91. The van der Waals surface area contributed by atoms with Gasteiger partial charge in [-0.05, 0) is 34.0 Å². The largest absolute Gasteiger partial charge is 0.398 e. The molecule has 0 spiro atoms. The average Bonchev–Trinajstić information content (AvgIpc) is 2.25.